The highest BCUT2D eigenvalue weighted by atomic mass is 127. The Hall–Kier alpha value is -4.55. The minimum atomic E-state index is -4.45. The monoisotopic (exact) mass is 794 g/mol. The molecule has 6 nitrogen and oxygen atoms in total. The summed E-state index contributed by atoms with van der Waals surface area (Å²) in [5.41, 5.74) is 8.67. The zero-order valence-electron chi connectivity index (χ0n) is 29.1. The largest absolute Gasteiger partial charge is 0.642 e. The van der Waals surface area contributed by atoms with Gasteiger partial charge in [0.1, 0.15) is 17.2 Å². The van der Waals surface area contributed by atoms with Crippen LogP contribution in [-0.2, 0) is 19.4 Å². The highest BCUT2D eigenvalue weighted by Crippen LogP contribution is 2.52. The minimum absolute atomic E-state index is 0.265. The molecule has 10 heteroatoms. The van der Waals surface area contributed by atoms with E-state index in [4.69, 9.17) is 14.5 Å². The molecule has 51 heavy (non-hydrogen) atoms. The maximum Gasteiger partial charge on any atom is 0.642 e. The fourth-order valence-corrected chi connectivity index (χ4v) is 8.93. The average Bonchev–Trinajstić information content (AvgIpc) is 3.67. The van der Waals surface area contributed by atoms with E-state index in [1.165, 1.54) is 14.5 Å². The van der Waals surface area contributed by atoms with E-state index in [1.807, 2.05) is 72.8 Å². The number of amidine groups is 1. The van der Waals surface area contributed by atoms with Gasteiger partial charge < -0.3 is 27.1 Å². The Labute approximate surface area is 310 Å². The van der Waals surface area contributed by atoms with Crippen molar-refractivity contribution < 1.29 is 22.6 Å². The number of hydrogen-bond donors (Lipinski definition) is 0. The van der Waals surface area contributed by atoms with Gasteiger partial charge in [0.25, 0.3) is 5.84 Å². The van der Waals surface area contributed by atoms with Crippen molar-refractivity contribution in [3.63, 3.8) is 0 Å². The van der Waals surface area contributed by atoms with E-state index in [1.54, 1.807) is 14.2 Å². The first kappa shape index (κ1) is 33.6. The number of nitrogens with zero attached hydrogens (tertiary/aromatic N) is 4. The van der Waals surface area contributed by atoms with E-state index in [0.29, 0.717) is 52.7 Å². The summed E-state index contributed by atoms with van der Waals surface area (Å²) in [4.78, 5) is 7.66. The molecular weight excluding hydrogens is 756 g/mol. The topological polar surface area (TPSA) is 42.0 Å². The molecular formula is C41H38BF2IN4O2. The van der Waals surface area contributed by atoms with Gasteiger partial charge in [-0.15, -0.1) is 0 Å². The smallest absolute Gasteiger partial charge is 0.497 e. The zero-order valence-corrected chi connectivity index (χ0v) is 31.2. The lowest BCUT2D eigenvalue weighted by molar-refractivity contribution is -0.291. The van der Waals surface area contributed by atoms with Gasteiger partial charge in [0, 0.05) is 17.8 Å². The number of halogens is 3. The van der Waals surface area contributed by atoms with Gasteiger partial charge in [-0.05, 0) is 129 Å². The van der Waals surface area contributed by atoms with E-state index in [0.717, 1.165) is 56.6 Å². The van der Waals surface area contributed by atoms with Crippen LogP contribution >= 0.6 is 22.6 Å². The summed E-state index contributed by atoms with van der Waals surface area (Å²) in [7, 11) is 3.23. The zero-order chi connectivity index (χ0) is 35.4. The number of aliphatic imine (C=N–C) groups is 1. The quantitative estimate of drug-likeness (QED) is 0.110. The number of benzene rings is 4. The number of allylic oxidation sites excluding steroid dienone is 1. The molecule has 0 radical (unpaired) electrons. The molecule has 1 aromatic heterocycles. The van der Waals surface area contributed by atoms with Crippen molar-refractivity contribution in [2.75, 3.05) is 27.3 Å². The van der Waals surface area contributed by atoms with Crippen LogP contribution < -0.4 is 9.47 Å². The van der Waals surface area contributed by atoms with Crippen molar-refractivity contribution in [2.24, 2.45) is 4.99 Å². The van der Waals surface area contributed by atoms with Crippen LogP contribution in [0.3, 0.4) is 0 Å². The van der Waals surface area contributed by atoms with Crippen LogP contribution in [0.2, 0.25) is 0 Å². The predicted octanol–water partition coefficient (Wildman–Crippen LogP) is 9.41. The van der Waals surface area contributed by atoms with Crippen LogP contribution in [0, 0.1) is 0 Å². The van der Waals surface area contributed by atoms with Gasteiger partial charge in [0.05, 0.1) is 28.9 Å². The molecule has 258 valence electrons. The summed E-state index contributed by atoms with van der Waals surface area (Å²) < 4.78 is 50.4. The summed E-state index contributed by atoms with van der Waals surface area (Å²) in [6.07, 6.45) is 1.33. The molecule has 4 aromatic carbocycles. The number of aryl methyl sites for hydroxylation is 1. The SMILES string of the molecule is CCN(CC)Cc1ccc(C2=C(I)C(c3ccc(OC)cc3)=[N+]3C2=Nc2c(-c4ccccc4)c4c(n2[B-]3(F)F)-c2ccc(OC)cc2CC4)cc1. The third-order valence-electron chi connectivity index (χ3n) is 10.4. The molecule has 0 N–H and O–H groups in total. The van der Waals surface area contributed by atoms with E-state index in [9.17, 15) is 0 Å². The maximum absolute atomic E-state index is 18.1. The van der Waals surface area contributed by atoms with Crippen molar-refractivity contribution in [3.8, 4) is 33.9 Å². The Morgan fingerprint density at radius 2 is 1.49 bits per heavy atom. The van der Waals surface area contributed by atoms with Crippen molar-refractivity contribution >= 4 is 52.5 Å². The molecule has 3 aliphatic rings. The molecule has 0 saturated heterocycles. The summed E-state index contributed by atoms with van der Waals surface area (Å²) in [6, 6.07) is 31.3. The molecule has 5 aromatic rings. The van der Waals surface area contributed by atoms with Crippen molar-refractivity contribution in [2.45, 2.75) is 33.2 Å². The molecule has 1 aliphatic carbocycles. The third-order valence-corrected chi connectivity index (χ3v) is 11.5. The molecule has 0 fully saturated rings. The van der Waals surface area contributed by atoms with E-state index in [2.05, 4.69) is 65.6 Å². The lowest BCUT2D eigenvalue weighted by atomic mass is 9.85. The number of fused-ring (bicyclic) bond motifs is 6. The van der Waals surface area contributed by atoms with Crippen molar-refractivity contribution in [1.82, 2.24) is 9.38 Å². The normalized spacial score (nSPS) is 15.7. The first-order chi connectivity index (χ1) is 24.8. The van der Waals surface area contributed by atoms with Gasteiger partial charge in [-0.25, -0.2) is 0 Å². The number of rotatable bonds is 9. The highest BCUT2D eigenvalue weighted by Gasteiger charge is 2.56. The Kier molecular flexibility index (Phi) is 8.70. The van der Waals surface area contributed by atoms with Crippen LogP contribution in [0.5, 0.6) is 11.5 Å². The van der Waals surface area contributed by atoms with Crippen LogP contribution in [0.1, 0.15) is 41.7 Å². The second kappa shape index (κ2) is 13.2. The highest BCUT2D eigenvalue weighted by molar-refractivity contribution is 14.1. The Bertz CT molecular complexity index is 2260. The van der Waals surface area contributed by atoms with Crippen LogP contribution in [0.15, 0.2) is 106 Å². The van der Waals surface area contributed by atoms with Gasteiger partial charge in [-0.2, -0.15) is 0 Å². The molecule has 0 atom stereocenters. The van der Waals surface area contributed by atoms with E-state index >= 15 is 8.63 Å². The number of ether oxygens (including phenoxy) is 2. The molecule has 0 spiro atoms. The van der Waals surface area contributed by atoms with Gasteiger partial charge in [0.15, 0.2) is 0 Å². The Morgan fingerprint density at radius 3 is 2.16 bits per heavy atom. The van der Waals surface area contributed by atoms with Crippen LogP contribution in [-0.4, -0.2) is 59.7 Å². The third kappa shape index (κ3) is 5.45. The molecule has 0 amide bonds. The fraction of sp³-hybridized carbons (Fsp3) is 0.220. The molecule has 3 heterocycles. The van der Waals surface area contributed by atoms with Gasteiger partial charge >= 0.3 is 6.97 Å². The summed E-state index contributed by atoms with van der Waals surface area (Å²) in [6.45, 7) is 2.60. The lowest BCUT2D eigenvalue weighted by Gasteiger charge is -2.33. The first-order valence-corrected chi connectivity index (χ1v) is 18.5. The molecule has 2 aliphatic heterocycles. The first-order valence-electron chi connectivity index (χ1n) is 17.4. The van der Waals surface area contributed by atoms with Gasteiger partial charge in [-0.1, -0.05) is 68.4 Å². The van der Waals surface area contributed by atoms with Crippen molar-refractivity contribution in [1.29, 1.82) is 0 Å². The number of methoxy groups -OCH3 is 2. The second-order valence-corrected chi connectivity index (χ2v) is 14.2. The maximum atomic E-state index is 18.1. The molecule has 8 rings (SSSR count). The average molecular weight is 794 g/mol. The number of hydrogen-bond acceptors (Lipinski definition) is 4. The van der Waals surface area contributed by atoms with E-state index in [-0.39, 0.29) is 5.84 Å². The van der Waals surface area contributed by atoms with Crippen LogP contribution in [0.25, 0.3) is 28.0 Å². The summed E-state index contributed by atoms with van der Waals surface area (Å²) in [5, 5.41) is 0. The fourth-order valence-electron chi connectivity index (χ4n) is 7.81. The van der Waals surface area contributed by atoms with Crippen LogP contribution in [0.4, 0.5) is 14.4 Å². The second-order valence-electron chi connectivity index (χ2n) is 13.1. The lowest BCUT2D eigenvalue weighted by Crippen LogP contribution is -2.53. The molecule has 0 bridgehead atoms. The summed E-state index contributed by atoms with van der Waals surface area (Å²) in [5.74, 6) is 1.93. The standard InChI is InChI=1S/C41H38BF2IN4O2/c1-5-47(6-2)25-26-12-14-28(15-13-26)36-37(45)38(29-16-19-31(50-3)20-17-29)48-41(36)46-40-35(27-10-8-7-9-11-27)34-22-18-30-24-32(51-4)21-23-33(30)39(34)49(40)42(48,43)44/h7-17,19-21,23-24H,5-6,18,22,25H2,1-4H3. The predicted molar refractivity (Wildman–Crippen MR) is 211 cm³/mol. The van der Waals surface area contributed by atoms with Crippen molar-refractivity contribution in [3.05, 3.63) is 128 Å². The molecule has 0 saturated carbocycles. The summed E-state index contributed by atoms with van der Waals surface area (Å²) >= 11 is 2.25. The van der Waals surface area contributed by atoms with E-state index < -0.39 is 6.97 Å². The minimum Gasteiger partial charge on any atom is -0.497 e. The van der Waals surface area contributed by atoms with Gasteiger partial charge in [0.2, 0.25) is 5.82 Å². The number of aromatic nitrogens is 1. The molecule has 0 unspecified atom stereocenters. The Morgan fingerprint density at radius 1 is 0.824 bits per heavy atom. The van der Waals surface area contributed by atoms with Gasteiger partial charge in [-0.3, -0.25) is 4.90 Å². The Balaban J connectivity index is 1.41.